The number of methoxy groups -OCH3 is 1. The van der Waals surface area contributed by atoms with Crippen molar-refractivity contribution in [2.45, 2.75) is 11.5 Å². The maximum atomic E-state index is 5.69. The average Bonchev–Trinajstić information content (AvgIpc) is 2.59. The van der Waals surface area contributed by atoms with E-state index < -0.39 is 0 Å². The zero-order valence-electron chi connectivity index (χ0n) is 12.3. The molecule has 22 heavy (non-hydrogen) atoms. The van der Waals surface area contributed by atoms with Crippen molar-refractivity contribution >= 4 is 22.9 Å². The summed E-state index contributed by atoms with van der Waals surface area (Å²) in [5.41, 5.74) is 2.31. The van der Waals surface area contributed by atoms with E-state index in [0.717, 1.165) is 5.56 Å². The van der Waals surface area contributed by atoms with Crippen LogP contribution < -0.4 is 9.47 Å². The van der Waals surface area contributed by atoms with Crippen molar-refractivity contribution in [2.24, 2.45) is 0 Å². The Balaban J connectivity index is 1.73. The molecule has 0 aliphatic rings. The zero-order chi connectivity index (χ0) is 15.4. The van der Waals surface area contributed by atoms with Crippen LogP contribution in [0.3, 0.4) is 0 Å². The predicted molar refractivity (Wildman–Crippen MR) is 86.4 cm³/mol. The molecule has 3 rings (SSSR count). The van der Waals surface area contributed by atoms with Gasteiger partial charge in [0, 0.05) is 11.0 Å². The molecule has 0 unspecified atom stereocenters. The molecule has 0 spiro atoms. The summed E-state index contributed by atoms with van der Waals surface area (Å²) in [6.45, 7) is 0.457. The van der Waals surface area contributed by atoms with Crippen LogP contribution in [0, 0.1) is 0 Å². The van der Waals surface area contributed by atoms with Crippen LogP contribution in [0.1, 0.15) is 5.56 Å². The molecule has 0 aliphatic carbocycles. The summed E-state index contributed by atoms with van der Waals surface area (Å²) in [6.07, 6.45) is 3.63. The van der Waals surface area contributed by atoms with E-state index in [2.05, 4.69) is 33.3 Å². The molecule has 0 saturated carbocycles. The Morgan fingerprint density at radius 1 is 1.00 bits per heavy atom. The number of fused-ring (bicyclic) bond motifs is 1. The summed E-state index contributed by atoms with van der Waals surface area (Å²) in [6, 6.07) is 11.8. The molecule has 112 valence electrons. The second-order valence-corrected chi connectivity index (χ2v) is 5.42. The molecule has 5 nitrogen and oxygen atoms in total. The third-order valence-corrected chi connectivity index (χ3v) is 3.86. The van der Waals surface area contributed by atoms with E-state index in [4.69, 9.17) is 9.47 Å². The third kappa shape index (κ3) is 3.28. The van der Waals surface area contributed by atoms with Crippen LogP contribution in [0.2, 0.25) is 0 Å². The van der Waals surface area contributed by atoms with E-state index in [-0.39, 0.29) is 0 Å². The normalized spacial score (nSPS) is 10.6. The van der Waals surface area contributed by atoms with Crippen LogP contribution in [-0.2, 0) is 6.61 Å². The molecule has 0 aliphatic heterocycles. The van der Waals surface area contributed by atoms with Crippen LogP contribution >= 0.6 is 11.8 Å². The van der Waals surface area contributed by atoms with Gasteiger partial charge in [0.25, 0.3) is 0 Å². The quantitative estimate of drug-likeness (QED) is 0.673. The first kappa shape index (κ1) is 14.6. The molecule has 2 aromatic heterocycles. The first-order valence-corrected chi connectivity index (χ1v) is 7.94. The van der Waals surface area contributed by atoms with Crippen molar-refractivity contribution in [3.05, 3.63) is 48.2 Å². The van der Waals surface area contributed by atoms with Gasteiger partial charge in [-0.05, 0) is 30.0 Å². The van der Waals surface area contributed by atoms with Crippen molar-refractivity contribution in [3.8, 4) is 11.8 Å². The largest absolute Gasteiger partial charge is 0.481 e. The molecule has 0 N–H and O–H groups in total. The van der Waals surface area contributed by atoms with Crippen molar-refractivity contribution in [1.29, 1.82) is 0 Å². The highest BCUT2D eigenvalue weighted by Gasteiger charge is 2.04. The SMILES string of the molecule is COc1ccc2nc(OCc3ccc(SC)cc3)cnc2n1. The van der Waals surface area contributed by atoms with Crippen molar-refractivity contribution in [3.63, 3.8) is 0 Å². The second-order valence-electron chi connectivity index (χ2n) is 4.54. The summed E-state index contributed by atoms with van der Waals surface area (Å²) in [7, 11) is 1.57. The molecule has 0 atom stereocenters. The molecule has 0 fully saturated rings. The van der Waals surface area contributed by atoms with Gasteiger partial charge in [-0.3, -0.25) is 0 Å². The topological polar surface area (TPSA) is 57.1 Å². The smallest absolute Gasteiger partial charge is 0.233 e. The fourth-order valence-corrected chi connectivity index (χ4v) is 2.34. The fraction of sp³-hybridized carbons (Fsp3) is 0.188. The second kappa shape index (κ2) is 6.62. The van der Waals surface area contributed by atoms with Crippen molar-refractivity contribution in [1.82, 2.24) is 15.0 Å². The Morgan fingerprint density at radius 2 is 1.82 bits per heavy atom. The van der Waals surface area contributed by atoms with Gasteiger partial charge in [-0.15, -0.1) is 11.8 Å². The Morgan fingerprint density at radius 3 is 2.55 bits per heavy atom. The minimum absolute atomic E-state index is 0.457. The van der Waals surface area contributed by atoms with Gasteiger partial charge >= 0.3 is 0 Å². The maximum Gasteiger partial charge on any atom is 0.233 e. The monoisotopic (exact) mass is 313 g/mol. The molecule has 3 aromatic rings. The number of hydrogen-bond acceptors (Lipinski definition) is 6. The number of hydrogen-bond donors (Lipinski definition) is 0. The summed E-state index contributed by atoms with van der Waals surface area (Å²) in [5, 5.41) is 0. The molecular formula is C16H15N3O2S. The van der Waals surface area contributed by atoms with E-state index in [1.54, 1.807) is 31.1 Å². The highest BCUT2D eigenvalue weighted by Crippen LogP contribution is 2.18. The van der Waals surface area contributed by atoms with Gasteiger partial charge in [-0.2, -0.15) is 4.98 Å². The zero-order valence-corrected chi connectivity index (χ0v) is 13.1. The first-order chi connectivity index (χ1) is 10.8. The molecular weight excluding hydrogens is 298 g/mol. The van der Waals surface area contributed by atoms with Crippen LogP contribution in [0.25, 0.3) is 11.2 Å². The van der Waals surface area contributed by atoms with Crippen LogP contribution in [0.5, 0.6) is 11.8 Å². The van der Waals surface area contributed by atoms with Gasteiger partial charge in [0.05, 0.1) is 13.3 Å². The van der Waals surface area contributed by atoms with E-state index in [0.29, 0.717) is 29.5 Å². The number of pyridine rings is 1. The molecule has 0 amide bonds. The van der Waals surface area contributed by atoms with Gasteiger partial charge in [-0.25, -0.2) is 9.97 Å². The Labute approximate surface area is 132 Å². The first-order valence-electron chi connectivity index (χ1n) is 6.72. The molecule has 0 bridgehead atoms. The van der Waals surface area contributed by atoms with Gasteiger partial charge in [-0.1, -0.05) is 12.1 Å². The fourth-order valence-electron chi connectivity index (χ4n) is 1.93. The highest BCUT2D eigenvalue weighted by molar-refractivity contribution is 7.98. The lowest BCUT2D eigenvalue weighted by Crippen LogP contribution is -1.99. The number of nitrogens with zero attached hydrogens (tertiary/aromatic N) is 3. The number of ether oxygens (including phenoxy) is 2. The number of thioether (sulfide) groups is 1. The lowest BCUT2D eigenvalue weighted by atomic mass is 10.2. The van der Waals surface area contributed by atoms with Crippen molar-refractivity contribution < 1.29 is 9.47 Å². The van der Waals surface area contributed by atoms with E-state index in [1.165, 1.54) is 4.90 Å². The van der Waals surface area contributed by atoms with E-state index >= 15 is 0 Å². The van der Waals surface area contributed by atoms with Crippen LogP contribution in [-0.4, -0.2) is 28.3 Å². The molecule has 2 heterocycles. The number of rotatable bonds is 5. The van der Waals surface area contributed by atoms with Gasteiger partial charge in [0.1, 0.15) is 12.1 Å². The summed E-state index contributed by atoms with van der Waals surface area (Å²) in [5.74, 6) is 0.998. The van der Waals surface area contributed by atoms with Crippen LogP contribution in [0.15, 0.2) is 47.5 Å². The number of aromatic nitrogens is 3. The molecule has 0 radical (unpaired) electrons. The average molecular weight is 313 g/mol. The number of benzene rings is 1. The predicted octanol–water partition coefficient (Wildman–Crippen LogP) is 3.33. The van der Waals surface area contributed by atoms with Gasteiger partial charge in [0.15, 0.2) is 5.65 Å². The molecule has 6 heteroatoms. The Hall–Kier alpha value is -2.34. The lowest BCUT2D eigenvalue weighted by Gasteiger charge is -2.07. The van der Waals surface area contributed by atoms with Crippen LogP contribution in [0.4, 0.5) is 0 Å². The van der Waals surface area contributed by atoms with E-state index in [1.807, 2.05) is 18.2 Å². The van der Waals surface area contributed by atoms with Gasteiger partial charge in [0.2, 0.25) is 11.8 Å². The summed E-state index contributed by atoms with van der Waals surface area (Å²) in [4.78, 5) is 14.1. The Bertz CT molecular complexity index is 778. The minimum atomic E-state index is 0.457. The summed E-state index contributed by atoms with van der Waals surface area (Å²) < 4.78 is 10.8. The van der Waals surface area contributed by atoms with Crippen molar-refractivity contribution in [2.75, 3.05) is 13.4 Å². The van der Waals surface area contributed by atoms with Gasteiger partial charge < -0.3 is 9.47 Å². The molecule has 0 saturated heterocycles. The maximum absolute atomic E-state index is 5.69. The Kier molecular flexibility index (Phi) is 4.39. The van der Waals surface area contributed by atoms with E-state index in [9.17, 15) is 0 Å². The standard InChI is InChI=1S/C16H15N3O2S/c1-20-14-8-7-13-16(19-14)17-9-15(18-13)21-10-11-3-5-12(22-2)6-4-11/h3-9H,10H2,1-2H3. The molecule has 1 aromatic carbocycles. The highest BCUT2D eigenvalue weighted by atomic mass is 32.2. The minimum Gasteiger partial charge on any atom is -0.481 e. The third-order valence-electron chi connectivity index (χ3n) is 3.11. The lowest BCUT2D eigenvalue weighted by molar-refractivity contribution is 0.293. The summed E-state index contributed by atoms with van der Waals surface area (Å²) >= 11 is 1.72.